The zero-order chi connectivity index (χ0) is 27.4. The minimum Gasteiger partial charge on any atom is -0.465 e. The van der Waals surface area contributed by atoms with Gasteiger partial charge >= 0.3 is 5.97 Å². The number of ether oxygens (including phenoxy) is 1. The van der Waals surface area contributed by atoms with Crippen molar-refractivity contribution in [1.29, 1.82) is 0 Å². The number of amides is 2. The van der Waals surface area contributed by atoms with Gasteiger partial charge in [0.1, 0.15) is 18.2 Å². The monoisotopic (exact) mass is 551 g/mol. The largest absolute Gasteiger partial charge is 0.465 e. The Morgan fingerprint density at radius 1 is 1.13 bits per heavy atom. The summed E-state index contributed by atoms with van der Waals surface area (Å²) in [5.74, 6) is -2.49. The number of aliphatic hydroxyl groups is 1. The molecular formula is C28H33N5O5S. The highest BCUT2D eigenvalue weighted by atomic mass is 32.2. The lowest BCUT2D eigenvalue weighted by molar-refractivity contribution is -0.154. The Hall–Kier alpha value is -3.18. The van der Waals surface area contributed by atoms with Crippen LogP contribution in [0.2, 0.25) is 0 Å². The third-order valence-corrected chi connectivity index (χ3v) is 10.3. The van der Waals surface area contributed by atoms with E-state index in [-0.39, 0.29) is 25.1 Å². The van der Waals surface area contributed by atoms with Gasteiger partial charge in [-0.3, -0.25) is 14.4 Å². The number of carbonyl (C=O) groups is 3. The molecule has 10 nitrogen and oxygen atoms in total. The van der Waals surface area contributed by atoms with Gasteiger partial charge < -0.3 is 19.6 Å². The van der Waals surface area contributed by atoms with Crippen molar-refractivity contribution in [3.05, 3.63) is 48.6 Å². The van der Waals surface area contributed by atoms with Crippen molar-refractivity contribution >= 4 is 40.6 Å². The third-order valence-electron chi connectivity index (χ3n) is 8.49. The highest BCUT2D eigenvalue weighted by Gasteiger charge is 2.74. The molecule has 1 unspecified atom stereocenters. The third kappa shape index (κ3) is 4.00. The van der Waals surface area contributed by atoms with Gasteiger partial charge in [-0.25, -0.2) is 4.68 Å². The van der Waals surface area contributed by atoms with Crippen molar-refractivity contribution in [2.45, 2.75) is 61.4 Å². The summed E-state index contributed by atoms with van der Waals surface area (Å²) in [6.45, 7) is 4.19. The van der Waals surface area contributed by atoms with E-state index in [1.807, 2.05) is 49.4 Å². The van der Waals surface area contributed by atoms with Crippen molar-refractivity contribution in [3.63, 3.8) is 0 Å². The molecule has 4 aliphatic heterocycles. The van der Waals surface area contributed by atoms with Crippen LogP contribution in [-0.2, 0) is 25.8 Å². The number of hydrogen-bond donors (Lipinski definition) is 1. The van der Waals surface area contributed by atoms with E-state index in [0.29, 0.717) is 13.2 Å². The first-order valence-corrected chi connectivity index (χ1v) is 14.3. The van der Waals surface area contributed by atoms with Gasteiger partial charge in [0.25, 0.3) is 0 Å². The summed E-state index contributed by atoms with van der Waals surface area (Å²) in [5, 5.41) is 18.6. The molecule has 0 radical (unpaired) electrons. The average molecular weight is 552 g/mol. The number of para-hydroxylation sites is 1. The normalized spacial score (nSPS) is 34.3. The fourth-order valence-electron chi connectivity index (χ4n) is 6.66. The molecule has 0 bridgehead atoms. The number of aliphatic hydroxyl groups excluding tert-OH is 1. The van der Waals surface area contributed by atoms with E-state index in [9.17, 15) is 19.5 Å². The van der Waals surface area contributed by atoms with Gasteiger partial charge in [-0.15, -0.1) is 16.9 Å². The lowest BCUT2D eigenvalue weighted by Gasteiger charge is -2.38. The van der Waals surface area contributed by atoms with Crippen molar-refractivity contribution in [3.8, 4) is 0 Å². The first kappa shape index (κ1) is 26.1. The maximum absolute atomic E-state index is 14.4. The van der Waals surface area contributed by atoms with Gasteiger partial charge in [0.2, 0.25) is 11.8 Å². The smallest absolute Gasteiger partial charge is 0.311 e. The number of aromatic nitrogens is 3. The molecule has 2 saturated heterocycles. The lowest BCUT2D eigenvalue weighted by atomic mass is 9.74. The van der Waals surface area contributed by atoms with Gasteiger partial charge in [-0.05, 0) is 45.2 Å². The highest BCUT2D eigenvalue weighted by molar-refractivity contribution is 8.02. The predicted molar refractivity (Wildman–Crippen MR) is 145 cm³/mol. The van der Waals surface area contributed by atoms with Gasteiger partial charge in [-0.2, -0.15) is 0 Å². The number of cyclic esters (lactones) is 1. The van der Waals surface area contributed by atoms with E-state index in [0.717, 1.165) is 30.3 Å². The van der Waals surface area contributed by atoms with E-state index in [1.54, 1.807) is 16.5 Å². The summed E-state index contributed by atoms with van der Waals surface area (Å²) >= 11 is 1.51. The molecule has 0 aliphatic carbocycles. The van der Waals surface area contributed by atoms with Gasteiger partial charge in [0.05, 0.1) is 41.4 Å². The number of rotatable bonds is 4. The number of hydrogen-bond acceptors (Lipinski definition) is 8. The van der Waals surface area contributed by atoms with Crippen LogP contribution in [0.25, 0.3) is 11.0 Å². The van der Waals surface area contributed by atoms with Crippen LogP contribution in [0.4, 0.5) is 0 Å². The first-order valence-electron chi connectivity index (χ1n) is 13.5. The molecule has 6 atom stereocenters. The molecule has 1 aromatic carbocycles. The maximum Gasteiger partial charge on any atom is 0.311 e. The van der Waals surface area contributed by atoms with Crippen LogP contribution < -0.4 is 0 Å². The Bertz CT molecular complexity index is 1380. The fraction of sp³-hybridized carbons (Fsp3) is 0.536. The van der Waals surface area contributed by atoms with E-state index in [1.165, 1.54) is 16.7 Å². The van der Waals surface area contributed by atoms with Crippen molar-refractivity contribution < 1.29 is 24.2 Å². The average Bonchev–Trinajstić information content (AvgIpc) is 3.49. The highest BCUT2D eigenvalue weighted by Crippen LogP contribution is 2.65. The molecule has 2 aromatic rings. The summed E-state index contributed by atoms with van der Waals surface area (Å²) in [6, 6.07) is 6.04. The number of allylic oxidation sites excluding steroid dienone is 1. The molecule has 206 valence electrons. The zero-order valence-corrected chi connectivity index (χ0v) is 22.9. The van der Waals surface area contributed by atoms with Crippen LogP contribution >= 0.6 is 11.8 Å². The molecule has 2 fully saturated rings. The predicted octanol–water partition coefficient (Wildman–Crippen LogP) is 2.14. The SMILES string of the molecule is C[C@H](CO)N1C(=O)[C@@H]2[C@H]3C(=O)OCCCC/C=C\[C@@]3(C)S[C@@]23C=CCN(Cn2nnc4ccccc42)C(=O)C13. The van der Waals surface area contributed by atoms with E-state index in [2.05, 4.69) is 16.4 Å². The molecule has 5 heterocycles. The molecular weight excluding hydrogens is 518 g/mol. The quantitative estimate of drug-likeness (QED) is 0.454. The molecule has 4 aliphatic rings. The van der Waals surface area contributed by atoms with Crippen molar-refractivity contribution in [2.24, 2.45) is 11.8 Å². The Morgan fingerprint density at radius 3 is 2.77 bits per heavy atom. The minimum atomic E-state index is -0.992. The Kier molecular flexibility index (Phi) is 6.53. The number of likely N-dealkylation sites (tertiary alicyclic amines) is 1. The molecule has 0 saturated carbocycles. The molecule has 1 N–H and O–H groups in total. The zero-order valence-electron chi connectivity index (χ0n) is 22.1. The lowest BCUT2D eigenvalue weighted by Crippen LogP contribution is -2.56. The van der Waals surface area contributed by atoms with Gasteiger partial charge in [0.15, 0.2) is 0 Å². The van der Waals surface area contributed by atoms with Crippen LogP contribution in [0.15, 0.2) is 48.6 Å². The fourth-order valence-corrected chi connectivity index (χ4v) is 8.80. The molecule has 11 heteroatoms. The summed E-state index contributed by atoms with van der Waals surface area (Å²) in [6.07, 6.45) is 10.5. The first-order chi connectivity index (χ1) is 18.8. The molecule has 39 heavy (non-hydrogen) atoms. The van der Waals surface area contributed by atoms with Crippen molar-refractivity contribution in [1.82, 2.24) is 24.8 Å². The Labute approximate surface area is 231 Å². The summed E-state index contributed by atoms with van der Waals surface area (Å²) in [5.41, 5.74) is 1.53. The van der Waals surface area contributed by atoms with Gasteiger partial charge in [0, 0.05) is 11.3 Å². The van der Waals surface area contributed by atoms with E-state index >= 15 is 0 Å². The number of nitrogens with zero attached hydrogens (tertiary/aromatic N) is 5. The number of fused-ring (bicyclic) bond motifs is 3. The van der Waals surface area contributed by atoms with Crippen LogP contribution in [-0.4, -0.2) is 89.0 Å². The van der Waals surface area contributed by atoms with Crippen molar-refractivity contribution in [2.75, 3.05) is 19.8 Å². The summed E-state index contributed by atoms with van der Waals surface area (Å²) < 4.78 is 5.65. The molecule has 1 aromatic heterocycles. The minimum absolute atomic E-state index is 0.157. The number of thioether (sulfide) groups is 1. The molecule has 6 rings (SSSR count). The number of carbonyl (C=O) groups excluding carboxylic acids is 3. The molecule has 1 spiro atoms. The Balaban J connectivity index is 1.44. The van der Waals surface area contributed by atoms with E-state index in [4.69, 9.17) is 4.74 Å². The van der Waals surface area contributed by atoms with Crippen LogP contribution in [0.1, 0.15) is 33.1 Å². The second-order valence-corrected chi connectivity index (χ2v) is 12.8. The maximum atomic E-state index is 14.4. The number of esters is 1. The van der Waals surface area contributed by atoms with Crippen LogP contribution in [0.3, 0.4) is 0 Å². The molecule has 2 amide bonds. The van der Waals surface area contributed by atoms with Crippen LogP contribution in [0, 0.1) is 11.8 Å². The second-order valence-electron chi connectivity index (χ2n) is 11.0. The topological polar surface area (TPSA) is 118 Å². The van der Waals surface area contributed by atoms with Crippen LogP contribution in [0.5, 0.6) is 0 Å². The van der Waals surface area contributed by atoms with E-state index < -0.39 is 39.4 Å². The summed E-state index contributed by atoms with van der Waals surface area (Å²) in [7, 11) is 0. The Morgan fingerprint density at radius 2 is 1.95 bits per heavy atom. The number of benzene rings is 1. The second kappa shape index (κ2) is 9.78. The van der Waals surface area contributed by atoms with Gasteiger partial charge in [-0.1, -0.05) is 41.7 Å². The standard InChI is InChI=1S/C28H33N5O5S/c1-18(16-34)33-23-25(36)31(17-32-20-11-6-5-10-19(20)29-30-32)14-9-13-28(23)21(24(33)35)22-26(37)38-15-8-4-3-7-12-27(22,2)39-28/h5-7,9-13,18,21-23,34H,3-4,8,14-17H2,1-2H3/b12-7-/t18-,21+,22+,23?,27-,28+/m1/s1. The summed E-state index contributed by atoms with van der Waals surface area (Å²) in [4.78, 5) is 45.4.